The maximum absolute atomic E-state index is 11.1. The second-order valence-electron chi connectivity index (χ2n) is 6.82. The monoisotopic (exact) mass is 402 g/mol. The van der Waals surface area contributed by atoms with Gasteiger partial charge in [-0.25, -0.2) is 0 Å². The number of pyridine rings is 1. The fourth-order valence-electron chi connectivity index (χ4n) is 3.07. The van der Waals surface area contributed by atoms with Crippen molar-refractivity contribution in [2.24, 2.45) is 0 Å². The molecule has 6 heteroatoms. The summed E-state index contributed by atoms with van der Waals surface area (Å²) in [6.45, 7) is 2.28. The first-order valence-corrected chi connectivity index (χ1v) is 9.56. The summed E-state index contributed by atoms with van der Waals surface area (Å²) in [5, 5.41) is 18.6. The number of nitrogens with zero attached hydrogens (tertiary/aromatic N) is 2. The number of carbonyl (C=O) groups is 1. The predicted molar refractivity (Wildman–Crippen MR) is 111 cm³/mol. The van der Waals surface area contributed by atoms with E-state index in [-0.39, 0.29) is 12.8 Å². The van der Waals surface area contributed by atoms with E-state index in [4.69, 9.17) is 14.6 Å². The SMILES string of the molecule is Cc1ccccc1C(CCC(=O)O)Oc1cc(OCc2cccnc2)ccc1C#N. The molecular weight excluding hydrogens is 380 g/mol. The van der Waals surface area contributed by atoms with Gasteiger partial charge in [-0.2, -0.15) is 5.26 Å². The number of carboxylic acid groups (broad SMARTS) is 1. The molecule has 0 saturated carbocycles. The normalized spacial score (nSPS) is 11.3. The van der Waals surface area contributed by atoms with Gasteiger partial charge in [0.1, 0.15) is 30.3 Å². The average Bonchev–Trinajstić information content (AvgIpc) is 2.76. The summed E-state index contributed by atoms with van der Waals surface area (Å²) in [6, 6.07) is 18.6. The lowest BCUT2D eigenvalue weighted by Gasteiger charge is -2.22. The van der Waals surface area contributed by atoms with Crippen molar-refractivity contribution in [3.63, 3.8) is 0 Å². The molecule has 0 aliphatic heterocycles. The standard InChI is InChI=1S/C24H22N2O4/c1-17-5-2-3-7-21(17)22(10-11-24(27)28)30-23-13-20(9-8-19(23)14-25)29-16-18-6-4-12-26-15-18/h2-9,12-13,15,22H,10-11,16H2,1H3,(H,27,28). The van der Waals surface area contributed by atoms with Gasteiger partial charge >= 0.3 is 5.97 Å². The van der Waals surface area contributed by atoms with Crippen LogP contribution in [0.25, 0.3) is 0 Å². The molecule has 1 atom stereocenters. The Hall–Kier alpha value is -3.85. The number of benzene rings is 2. The molecule has 3 aromatic rings. The van der Waals surface area contributed by atoms with E-state index in [2.05, 4.69) is 11.1 Å². The van der Waals surface area contributed by atoms with Crippen molar-refractivity contribution in [3.05, 3.63) is 89.2 Å². The van der Waals surface area contributed by atoms with Crippen LogP contribution in [-0.4, -0.2) is 16.1 Å². The highest BCUT2D eigenvalue weighted by atomic mass is 16.5. The molecule has 0 bridgehead atoms. The van der Waals surface area contributed by atoms with Crippen molar-refractivity contribution in [1.82, 2.24) is 4.98 Å². The van der Waals surface area contributed by atoms with Gasteiger partial charge in [0.05, 0.1) is 5.56 Å². The van der Waals surface area contributed by atoms with Gasteiger partial charge in [0.2, 0.25) is 0 Å². The van der Waals surface area contributed by atoms with Crippen LogP contribution in [-0.2, 0) is 11.4 Å². The highest BCUT2D eigenvalue weighted by molar-refractivity contribution is 5.66. The second-order valence-corrected chi connectivity index (χ2v) is 6.82. The van der Waals surface area contributed by atoms with Crippen molar-refractivity contribution >= 4 is 5.97 Å². The number of ether oxygens (including phenoxy) is 2. The van der Waals surface area contributed by atoms with E-state index < -0.39 is 12.1 Å². The lowest BCUT2D eigenvalue weighted by Crippen LogP contribution is -2.12. The number of nitriles is 1. The van der Waals surface area contributed by atoms with Crippen LogP contribution >= 0.6 is 0 Å². The number of hydrogen-bond donors (Lipinski definition) is 1. The molecule has 0 saturated heterocycles. The lowest BCUT2D eigenvalue weighted by molar-refractivity contribution is -0.137. The molecule has 0 aliphatic carbocycles. The molecule has 152 valence electrons. The van der Waals surface area contributed by atoms with E-state index in [1.165, 1.54) is 0 Å². The molecule has 0 fully saturated rings. The maximum atomic E-state index is 11.1. The molecule has 0 amide bonds. The summed E-state index contributed by atoms with van der Waals surface area (Å²) in [4.78, 5) is 15.2. The number of aliphatic carboxylic acids is 1. The Kier molecular flexibility index (Phi) is 7.01. The topological polar surface area (TPSA) is 92.4 Å². The van der Waals surface area contributed by atoms with Gasteiger partial charge in [0.15, 0.2) is 0 Å². The zero-order chi connectivity index (χ0) is 21.3. The molecule has 1 unspecified atom stereocenters. The Morgan fingerprint density at radius 2 is 2.03 bits per heavy atom. The molecule has 1 N–H and O–H groups in total. The van der Waals surface area contributed by atoms with Gasteiger partial charge in [-0.1, -0.05) is 30.3 Å². The van der Waals surface area contributed by atoms with Crippen LogP contribution in [0, 0.1) is 18.3 Å². The van der Waals surface area contributed by atoms with E-state index in [0.717, 1.165) is 16.7 Å². The fraction of sp³-hybridized carbons (Fsp3) is 0.208. The number of carboxylic acids is 1. The minimum Gasteiger partial charge on any atom is -0.489 e. The van der Waals surface area contributed by atoms with Gasteiger partial charge in [-0.15, -0.1) is 0 Å². The highest BCUT2D eigenvalue weighted by Crippen LogP contribution is 2.32. The van der Waals surface area contributed by atoms with Crippen LogP contribution in [0.4, 0.5) is 0 Å². The third-order valence-electron chi connectivity index (χ3n) is 4.63. The number of rotatable bonds is 9. The minimum absolute atomic E-state index is 0.0436. The highest BCUT2D eigenvalue weighted by Gasteiger charge is 2.19. The molecule has 2 aromatic carbocycles. The van der Waals surface area contributed by atoms with E-state index in [9.17, 15) is 10.1 Å². The molecule has 3 rings (SSSR count). The Balaban J connectivity index is 1.84. The van der Waals surface area contributed by atoms with Crippen LogP contribution < -0.4 is 9.47 Å². The lowest BCUT2D eigenvalue weighted by atomic mass is 9.99. The molecule has 6 nitrogen and oxygen atoms in total. The van der Waals surface area contributed by atoms with E-state index in [1.807, 2.05) is 43.3 Å². The molecule has 1 aromatic heterocycles. The Bertz CT molecular complexity index is 1040. The molecular formula is C24H22N2O4. The van der Waals surface area contributed by atoms with Crippen LogP contribution in [0.1, 0.15) is 41.2 Å². The van der Waals surface area contributed by atoms with Crippen LogP contribution in [0.3, 0.4) is 0 Å². The number of hydrogen-bond acceptors (Lipinski definition) is 5. The van der Waals surface area contributed by atoms with Crippen LogP contribution in [0.5, 0.6) is 11.5 Å². The van der Waals surface area contributed by atoms with Crippen molar-refractivity contribution in [1.29, 1.82) is 5.26 Å². The molecule has 0 aliphatic rings. The van der Waals surface area contributed by atoms with Gasteiger partial charge in [-0.3, -0.25) is 9.78 Å². The first-order valence-electron chi connectivity index (χ1n) is 9.56. The molecule has 1 heterocycles. The average molecular weight is 402 g/mol. The number of aromatic nitrogens is 1. The van der Waals surface area contributed by atoms with E-state index >= 15 is 0 Å². The van der Waals surface area contributed by atoms with Crippen molar-refractivity contribution < 1.29 is 19.4 Å². The van der Waals surface area contributed by atoms with Gasteiger partial charge in [0.25, 0.3) is 0 Å². The first-order chi connectivity index (χ1) is 14.6. The quantitative estimate of drug-likeness (QED) is 0.551. The third-order valence-corrected chi connectivity index (χ3v) is 4.63. The predicted octanol–water partition coefficient (Wildman–Crippen LogP) is 4.83. The van der Waals surface area contributed by atoms with Crippen molar-refractivity contribution in [2.45, 2.75) is 32.5 Å². The largest absolute Gasteiger partial charge is 0.489 e. The minimum atomic E-state index is -0.897. The molecule has 0 spiro atoms. The van der Waals surface area contributed by atoms with Crippen molar-refractivity contribution in [2.75, 3.05) is 0 Å². The maximum Gasteiger partial charge on any atom is 0.303 e. The Labute approximate surface area is 175 Å². The van der Waals surface area contributed by atoms with Gasteiger partial charge in [0, 0.05) is 30.4 Å². The fourth-order valence-corrected chi connectivity index (χ4v) is 3.07. The smallest absolute Gasteiger partial charge is 0.303 e. The van der Waals surface area contributed by atoms with Crippen LogP contribution in [0.2, 0.25) is 0 Å². The summed E-state index contributed by atoms with van der Waals surface area (Å²) in [5.74, 6) is 0.0145. The Morgan fingerprint density at radius 3 is 2.73 bits per heavy atom. The summed E-state index contributed by atoms with van der Waals surface area (Å²) < 4.78 is 12.0. The molecule has 30 heavy (non-hydrogen) atoms. The summed E-state index contributed by atoms with van der Waals surface area (Å²) in [5.41, 5.74) is 3.17. The summed E-state index contributed by atoms with van der Waals surface area (Å²) in [6.07, 6.45) is 3.16. The first kappa shape index (κ1) is 20.9. The molecule has 0 radical (unpaired) electrons. The summed E-state index contributed by atoms with van der Waals surface area (Å²) >= 11 is 0. The Morgan fingerprint density at radius 1 is 1.20 bits per heavy atom. The second kappa shape index (κ2) is 10.1. The zero-order valence-corrected chi connectivity index (χ0v) is 16.6. The van der Waals surface area contributed by atoms with E-state index in [1.54, 1.807) is 30.6 Å². The zero-order valence-electron chi connectivity index (χ0n) is 16.6. The van der Waals surface area contributed by atoms with Crippen molar-refractivity contribution in [3.8, 4) is 17.6 Å². The third kappa shape index (κ3) is 5.58. The van der Waals surface area contributed by atoms with Gasteiger partial charge < -0.3 is 14.6 Å². The number of aryl methyl sites for hydroxylation is 1. The summed E-state index contributed by atoms with van der Waals surface area (Å²) in [7, 11) is 0. The van der Waals surface area contributed by atoms with Crippen LogP contribution in [0.15, 0.2) is 67.0 Å². The van der Waals surface area contributed by atoms with E-state index in [0.29, 0.717) is 23.7 Å². The van der Waals surface area contributed by atoms with Gasteiger partial charge in [-0.05, 0) is 42.7 Å².